The molecule has 0 atom stereocenters. The molecule has 0 amide bonds. The molecule has 0 saturated carbocycles. The minimum Gasteiger partial charge on any atom is -0.668 e. The smallest absolute Gasteiger partial charge is 0.668 e. The maximum Gasteiger partial charge on any atom is 3.00 e. The summed E-state index contributed by atoms with van der Waals surface area (Å²) in [5, 5.41) is 3.50. The van der Waals surface area contributed by atoms with E-state index < -0.39 is 0 Å². The van der Waals surface area contributed by atoms with Crippen molar-refractivity contribution >= 4 is 17.4 Å². The van der Waals surface area contributed by atoms with E-state index in [9.17, 15) is 0 Å². The Labute approximate surface area is 90.5 Å². The molecule has 0 rings (SSSR count). The summed E-state index contributed by atoms with van der Waals surface area (Å²) < 4.78 is 0. The molecule has 0 heterocycles. The van der Waals surface area contributed by atoms with Crippen molar-refractivity contribution in [2.75, 3.05) is 14.1 Å². The molecule has 0 spiro atoms. The van der Waals surface area contributed by atoms with Gasteiger partial charge in [0.05, 0.1) is 0 Å². The minimum atomic E-state index is 0. The maximum atomic E-state index is 3.64. The van der Waals surface area contributed by atoms with E-state index in [1.165, 1.54) is 0 Å². The minimum absolute atomic E-state index is 0. The first-order valence-corrected chi connectivity index (χ1v) is 4.02. The van der Waals surface area contributed by atoms with E-state index >= 15 is 0 Å². The molecule has 0 saturated heterocycles. The quantitative estimate of drug-likeness (QED) is 0.406. The maximum absolute atomic E-state index is 3.64. The zero-order valence-corrected chi connectivity index (χ0v) is 10.7. The van der Waals surface area contributed by atoms with E-state index in [2.05, 4.69) is 46.9 Å². The van der Waals surface area contributed by atoms with Gasteiger partial charge in [0.2, 0.25) is 0 Å². The van der Waals surface area contributed by atoms with E-state index in [1.54, 1.807) is 14.1 Å². The summed E-state index contributed by atoms with van der Waals surface area (Å²) in [7, 11) is 3.50. The zero-order valence-electron chi connectivity index (χ0n) is 9.59. The number of rotatable bonds is 0. The Morgan fingerprint density at radius 3 is 0.833 bits per heavy atom. The van der Waals surface area contributed by atoms with Gasteiger partial charge in [-0.1, -0.05) is 27.7 Å². The fourth-order valence-corrected chi connectivity index (χ4v) is 0. The standard InChI is InChI=1S/2C4H9.C2H6N.Al/c2*1-4(2)3;1-3-2;/h2*4H,1H2,2-3H3;1-2H3;/q3*-1;+3. The van der Waals surface area contributed by atoms with Gasteiger partial charge in [-0.05, 0) is 0 Å². The third-order valence-corrected chi connectivity index (χ3v) is 0. The van der Waals surface area contributed by atoms with Crippen molar-refractivity contribution in [2.45, 2.75) is 27.7 Å². The van der Waals surface area contributed by atoms with Crippen molar-refractivity contribution in [2.24, 2.45) is 11.8 Å². The molecule has 0 aromatic rings. The van der Waals surface area contributed by atoms with Crippen molar-refractivity contribution in [3.63, 3.8) is 0 Å². The normalized spacial score (nSPS) is 7.50. The molecule has 0 aliphatic rings. The molecule has 0 radical (unpaired) electrons. The van der Waals surface area contributed by atoms with Crippen molar-refractivity contribution in [3.8, 4) is 0 Å². The third-order valence-electron chi connectivity index (χ3n) is 0. The summed E-state index contributed by atoms with van der Waals surface area (Å²) in [6.07, 6.45) is 0. The Hall–Kier alpha value is 0.492. The van der Waals surface area contributed by atoms with Gasteiger partial charge >= 0.3 is 17.4 Å². The molecule has 12 heavy (non-hydrogen) atoms. The van der Waals surface area contributed by atoms with E-state index in [-0.39, 0.29) is 17.4 Å². The van der Waals surface area contributed by atoms with E-state index in [1.807, 2.05) is 0 Å². The monoisotopic (exact) mass is 185 g/mol. The molecule has 0 aromatic heterocycles. The molecular formula is C10H24AlN. The van der Waals surface area contributed by atoms with Gasteiger partial charge in [-0.3, -0.25) is 0 Å². The fourth-order valence-electron chi connectivity index (χ4n) is 0. The zero-order chi connectivity index (χ0) is 9.86. The summed E-state index contributed by atoms with van der Waals surface area (Å²) >= 11 is 0. The summed E-state index contributed by atoms with van der Waals surface area (Å²) in [5.41, 5.74) is 0. The molecule has 0 aliphatic heterocycles. The number of nitrogens with zero attached hydrogens (tertiary/aromatic N) is 1. The SMILES string of the molecule is C[N-]C.[Al+3].[CH2-]C(C)C.[CH2-]C(C)C. The second kappa shape index (κ2) is 22.5. The number of hydrogen-bond donors (Lipinski definition) is 0. The largest absolute Gasteiger partial charge is 3.00 e. The van der Waals surface area contributed by atoms with Gasteiger partial charge in [0.15, 0.2) is 0 Å². The summed E-state index contributed by atoms with van der Waals surface area (Å²) in [5.74, 6) is 1.17. The fraction of sp³-hybridized carbons (Fsp3) is 0.800. The first-order chi connectivity index (χ1) is 4.88. The summed E-state index contributed by atoms with van der Waals surface area (Å²) in [6, 6.07) is 0. The van der Waals surface area contributed by atoms with Crippen LogP contribution in [0.4, 0.5) is 0 Å². The van der Waals surface area contributed by atoms with Crippen LogP contribution in [0.5, 0.6) is 0 Å². The molecule has 0 fully saturated rings. The Kier molecular flexibility index (Phi) is 43.0. The van der Waals surface area contributed by atoms with Crippen LogP contribution < -0.4 is 0 Å². The molecule has 0 N–H and O–H groups in total. The molecule has 0 unspecified atom stereocenters. The molecule has 72 valence electrons. The Balaban J connectivity index is -0.0000000389. The average molecular weight is 185 g/mol. The van der Waals surface area contributed by atoms with Crippen LogP contribution in [0.2, 0.25) is 0 Å². The first-order valence-electron chi connectivity index (χ1n) is 4.02. The van der Waals surface area contributed by atoms with Gasteiger partial charge in [-0.2, -0.15) is 25.9 Å². The van der Waals surface area contributed by atoms with Crippen molar-refractivity contribution < 1.29 is 0 Å². The molecular weight excluding hydrogens is 161 g/mol. The van der Waals surface area contributed by atoms with Crippen molar-refractivity contribution in [3.05, 3.63) is 19.2 Å². The summed E-state index contributed by atoms with van der Waals surface area (Å²) in [6.45, 7) is 15.5. The molecule has 1 nitrogen and oxygen atoms in total. The van der Waals surface area contributed by atoms with Gasteiger partial charge in [-0.25, -0.2) is 0 Å². The van der Waals surface area contributed by atoms with E-state index in [4.69, 9.17) is 0 Å². The van der Waals surface area contributed by atoms with Crippen LogP contribution >= 0.6 is 0 Å². The van der Waals surface area contributed by atoms with Gasteiger partial charge in [0.1, 0.15) is 0 Å². The Bertz CT molecular complexity index is 33.6. The average Bonchev–Trinajstić information content (AvgIpc) is 1.60. The van der Waals surface area contributed by atoms with Crippen LogP contribution in [-0.4, -0.2) is 31.5 Å². The predicted molar refractivity (Wildman–Crippen MR) is 61.4 cm³/mol. The predicted octanol–water partition coefficient (Wildman–Crippen LogP) is 3.19. The molecule has 0 bridgehead atoms. The van der Waals surface area contributed by atoms with Crippen LogP contribution in [0, 0.1) is 25.7 Å². The molecule has 0 aromatic carbocycles. The van der Waals surface area contributed by atoms with Gasteiger partial charge in [0, 0.05) is 0 Å². The van der Waals surface area contributed by atoms with Crippen molar-refractivity contribution in [1.29, 1.82) is 0 Å². The van der Waals surface area contributed by atoms with Crippen LogP contribution in [0.3, 0.4) is 0 Å². The Morgan fingerprint density at radius 1 is 0.833 bits per heavy atom. The van der Waals surface area contributed by atoms with E-state index in [0.29, 0.717) is 11.8 Å². The van der Waals surface area contributed by atoms with Gasteiger partial charge in [-0.15, -0.1) is 0 Å². The van der Waals surface area contributed by atoms with Crippen molar-refractivity contribution in [1.82, 2.24) is 0 Å². The first kappa shape index (κ1) is 22.9. The Morgan fingerprint density at radius 2 is 0.833 bits per heavy atom. The molecule has 0 aliphatic carbocycles. The van der Waals surface area contributed by atoms with Crippen LogP contribution in [0.15, 0.2) is 0 Å². The van der Waals surface area contributed by atoms with Crippen LogP contribution in [0.25, 0.3) is 5.32 Å². The third kappa shape index (κ3) is 3900. The topological polar surface area (TPSA) is 14.1 Å². The van der Waals surface area contributed by atoms with Gasteiger partial charge < -0.3 is 19.2 Å². The second-order valence-electron chi connectivity index (χ2n) is 3.23. The van der Waals surface area contributed by atoms with Crippen LogP contribution in [-0.2, 0) is 0 Å². The van der Waals surface area contributed by atoms with E-state index in [0.717, 1.165) is 0 Å². The van der Waals surface area contributed by atoms with Crippen LogP contribution in [0.1, 0.15) is 27.7 Å². The summed E-state index contributed by atoms with van der Waals surface area (Å²) in [4.78, 5) is 0. The second-order valence-corrected chi connectivity index (χ2v) is 3.23. The number of hydrogen-bond acceptors (Lipinski definition) is 0. The van der Waals surface area contributed by atoms with Gasteiger partial charge in [0.25, 0.3) is 0 Å². The molecule has 2 heteroatoms.